The second-order valence-corrected chi connectivity index (χ2v) is 3.25. The first-order valence-corrected chi connectivity index (χ1v) is 4.68. The van der Waals surface area contributed by atoms with E-state index in [0.717, 1.165) is 17.4 Å². The number of nitrogens with zero attached hydrogens (tertiary/aromatic N) is 1. The third-order valence-electron chi connectivity index (χ3n) is 2.42. The van der Waals surface area contributed by atoms with Crippen LogP contribution in [0.5, 0.6) is 0 Å². The highest BCUT2D eigenvalue weighted by molar-refractivity contribution is 6.58. The van der Waals surface area contributed by atoms with E-state index in [0.29, 0.717) is 5.59 Å². The van der Waals surface area contributed by atoms with Crippen LogP contribution in [0.3, 0.4) is 0 Å². The molecule has 4 heteroatoms. The molecule has 72 valence electrons. The van der Waals surface area contributed by atoms with Crippen LogP contribution in [0.25, 0.3) is 10.9 Å². The van der Waals surface area contributed by atoms with Gasteiger partial charge in [0, 0.05) is 17.7 Å². The van der Waals surface area contributed by atoms with Gasteiger partial charge in [0.2, 0.25) is 0 Å². The molecule has 1 aromatic heterocycles. The monoisotopic (exact) mass is 189 g/mol. The van der Waals surface area contributed by atoms with Crippen molar-refractivity contribution in [1.29, 1.82) is 0 Å². The van der Waals surface area contributed by atoms with Crippen molar-refractivity contribution >= 4 is 23.6 Å². The van der Waals surface area contributed by atoms with Crippen molar-refractivity contribution in [2.45, 2.75) is 13.5 Å². The second kappa shape index (κ2) is 3.48. The zero-order valence-corrected chi connectivity index (χ0v) is 8.01. The van der Waals surface area contributed by atoms with Crippen LogP contribution in [0.2, 0.25) is 0 Å². The van der Waals surface area contributed by atoms with Crippen molar-refractivity contribution < 1.29 is 10.0 Å². The summed E-state index contributed by atoms with van der Waals surface area (Å²) in [5.41, 5.74) is 1.59. The van der Waals surface area contributed by atoms with Crippen LogP contribution in [-0.4, -0.2) is 21.7 Å². The maximum Gasteiger partial charge on any atom is 0.505 e. The van der Waals surface area contributed by atoms with Gasteiger partial charge in [-0.3, -0.25) is 0 Å². The van der Waals surface area contributed by atoms with Crippen molar-refractivity contribution in [3.63, 3.8) is 0 Å². The van der Waals surface area contributed by atoms with Crippen molar-refractivity contribution in [2.75, 3.05) is 0 Å². The number of fused-ring (bicyclic) bond motifs is 1. The third-order valence-corrected chi connectivity index (χ3v) is 2.42. The molecule has 0 aliphatic carbocycles. The Hall–Kier alpha value is -1.26. The highest BCUT2D eigenvalue weighted by Gasteiger charge is 2.17. The van der Waals surface area contributed by atoms with E-state index >= 15 is 0 Å². The van der Waals surface area contributed by atoms with Gasteiger partial charge in [-0.15, -0.1) is 0 Å². The lowest BCUT2D eigenvalue weighted by molar-refractivity contribution is 0.422. The van der Waals surface area contributed by atoms with Crippen molar-refractivity contribution in [3.8, 4) is 0 Å². The lowest BCUT2D eigenvalue weighted by atomic mass is 9.86. The molecule has 2 N–H and O–H groups in total. The quantitative estimate of drug-likeness (QED) is 0.669. The highest BCUT2D eigenvalue weighted by Crippen LogP contribution is 2.13. The summed E-state index contributed by atoms with van der Waals surface area (Å²) in [6.07, 6.45) is 0. The molecule has 0 aliphatic rings. The van der Waals surface area contributed by atoms with E-state index in [-0.39, 0.29) is 0 Å². The predicted molar refractivity (Wildman–Crippen MR) is 57.4 cm³/mol. The minimum absolute atomic E-state index is 0.550. The summed E-state index contributed by atoms with van der Waals surface area (Å²) in [5.74, 6) is 0. The van der Waals surface area contributed by atoms with Crippen molar-refractivity contribution in [1.82, 2.24) is 4.57 Å². The summed E-state index contributed by atoms with van der Waals surface area (Å²) >= 11 is 0. The van der Waals surface area contributed by atoms with E-state index in [2.05, 4.69) is 0 Å². The Morgan fingerprint density at radius 1 is 1.29 bits per heavy atom. The van der Waals surface area contributed by atoms with Crippen LogP contribution in [0, 0.1) is 0 Å². The van der Waals surface area contributed by atoms with Gasteiger partial charge >= 0.3 is 7.12 Å². The fourth-order valence-corrected chi connectivity index (χ4v) is 1.80. The standard InChI is InChI=1S/C10H12BNO2/c1-2-12-9-6-4-3-5-8(9)7-10(12)11(13)14/h3-7,13-14H,2H2,1H3. The molecule has 0 amide bonds. The normalized spacial score (nSPS) is 10.8. The summed E-state index contributed by atoms with van der Waals surface area (Å²) in [6, 6.07) is 9.64. The average molecular weight is 189 g/mol. The van der Waals surface area contributed by atoms with Gasteiger partial charge < -0.3 is 14.6 Å². The molecule has 2 rings (SSSR count). The van der Waals surface area contributed by atoms with Crippen LogP contribution in [-0.2, 0) is 6.54 Å². The van der Waals surface area contributed by atoms with E-state index in [1.165, 1.54) is 0 Å². The molecule has 1 aromatic carbocycles. The fourth-order valence-electron chi connectivity index (χ4n) is 1.80. The smallest absolute Gasteiger partial charge is 0.422 e. The van der Waals surface area contributed by atoms with Gasteiger partial charge in [0.05, 0.1) is 0 Å². The molecule has 0 saturated heterocycles. The van der Waals surface area contributed by atoms with Gasteiger partial charge in [-0.2, -0.15) is 0 Å². The van der Waals surface area contributed by atoms with E-state index in [4.69, 9.17) is 0 Å². The Bertz CT molecular complexity index is 450. The average Bonchev–Trinajstić information content (AvgIpc) is 2.56. The van der Waals surface area contributed by atoms with Crippen molar-refractivity contribution in [2.24, 2.45) is 0 Å². The number of rotatable bonds is 2. The first kappa shape index (κ1) is 9.31. The molecule has 1 heterocycles. The minimum Gasteiger partial charge on any atom is -0.422 e. The molecule has 0 fully saturated rings. The predicted octanol–water partition coefficient (Wildman–Crippen LogP) is 0.341. The maximum atomic E-state index is 9.17. The SMILES string of the molecule is CCn1c(B(O)O)cc2ccccc21. The molecular weight excluding hydrogens is 177 g/mol. The summed E-state index contributed by atoms with van der Waals surface area (Å²) in [4.78, 5) is 0. The van der Waals surface area contributed by atoms with Gasteiger partial charge in [-0.1, -0.05) is 18.2 Å². The maximum absolute atomic E-state index is 9.17. The fraction of sp³-hybridized carbons (Fsp3) is 0.200. The summed E-state index contributed by atoms with van der Waals surface area (Å²) in [5, 5.41) is 19.4. The number of aromatic nitrogens is 1. The molecule has 0 radical (unpaired) electrons. The Labute approximate surface area is 82.7 Å². The molecule has 0 atom stereocenters. The topological polar surface area (TPSA) is 45.4 Å². The van der Waals surface area contributed by atoms with Crippen LogP contribution < -0.4 is 5.59 Å². The summed E-state index contributed by atoms with van der Waals surface area (Å²) < 4.78 is 1.90. The molecule has 3 nitrogen and oxygen atoms in total. The van der Waals surface area contributed by atoms with Crippen LogP contribution >= 0.6 is 0 Å². The minimum atomic E-state index is -1.40. The van der Waals surface area contributed by atoms with E-state index < -0.39 is 7.12 Å². The number of aryl methyl sites for hydroxylation is 1. The Kier molecular flexibility index (Phi) is 2.31. The molecule has 0 bridgehead atoms. The van der Waals surface area contributed by atoms with Gasteiger partial charge in [-0.25, -0.2) is 0 Å². The zero-order valence-electron chi connectivity index (χ0n) is 8.01. The first-order chi connectivity index (χ1) is 6.74. The number of benzene rings is 1. The number of para-hydroxylation sites is 1. The molecular formula is C10H12BNO2. The van der Waals surface area contributed by atoms with Crippen LogP contribution in [0.4, 0.5) is 0 Å². The van der Waals surface area contributed by atoms with E-state index in [1.807, 2.05) is 41.8 Å². The first-order valence-electron chi connectivity index (χ1n) is 4.68. The molecule has 14 heavy (non-hydrogen) atoms. The van der Waals surface area contributed by atoms with Gasteiger partial charge in [0.15, 0.2) is 0 Å². The van der Waals surface area contributed by atoms with E-state index in [9.17, 15) is 10.0 Å². The van der Waals surface area contributed by atoms with E-state index in [1.54, 1.807) is 0 Å². The Balaban J connectivity index is 2.72. The summed E-state index contributed by atoms with van der Waals surface area (Å²) in [6.45, 7) is 2.72. The zero-order chi connectivity index (χ0) is 10.1. The van der Waals surface area contributed by atoms with Crippen molar-refractivity contribution in [3.05, 3.63) is 30.3 Å². The molecule has 2 aromatic rings. The van der Waals surface area contributed by atoms with Gasteiger partial charge in [0.1, 0.15) is 0 Å². The molecule has 0 saturated carbocycles. The summed E-state index contributed by atoms with van der Waals surface area (Å²) in [7, 11) is -1.40. The largest absolute Gasteiger partial charge is 0.505 e. The Morgan fingerprint density at radius 2 is 2.00 bits per heavy atom. The second-order valence-electron chi connectivity index (χ2n) is 3.25. The lowest BCUT2D eigenvalue weighted by Gasteiger charge is -2.06. The van der Waals surface area contributed by atoms with Gasteiger partial charge in [0.25, 0.3) is 0 Å². The van der Waals surface area contributed by atoms with Gasteiger partial charge in [-0.05, 0) is 24.4 Å². The molecule has 0 spiro atoms. The van der Waals surface area contributed by atoms with Crippen LogP contribution in [0.15, 0.2) is 30.3 Å². The lowest BCUT2D eigenvalue weighted by Crippen LogP contribution is -2.35. The van der Waals surface area contributed by atoms with Crippen LogP contribution in [0.1, 0.15) is 6.92 Å². The molecule has 0 aliphatic heterocycles. The number of hydrogen-bond acceptors (Lipinski definition) is 2. The third kappa shape index (κ3) is 1.33. The molecule has 0 unspecified atom stereocenters. The Morgan fingerprint density at radius 3 is 2.64 bits per heavy atom. The highest BCUT2D eigenvalue weighted by atomic mass is 16.4. The number of hydrogen-bond donors (Lipinski definition) is 2.